The molecule has 1 N–H and O–H groups in total. The summed E-state index contributed by atoms with van der Waals surface area (Å²) in [6.45, 7) is 0.492. The predicted octanol–water partition coefficient (Wildman–Crippen LogP) is 1.49. The zero-order valence-corrected chi connectivity index (χ0v) is 9.71. The molecule has 1 aromatic heterocycles. The Hall–Kier alpha value is -2.49. The Morgan fingerprint density at radius 2 is 2.50 bits per heavy atom. The van der Waals surface area contributed by atoms with Crippen LogP contribution in [0.3, 0.4) is 0 Å². The highest BCUT2D eigenvalue weighted by Crippen LogP contribution is 2.32. The van der Waals surface area contributed by atoms with Gasteiger partial charge in [0, 0.05) is 12.1 Å². The number of ether oxygens (including phenoxy) is 1. The van der Waals surface area contributed by atoms with Gasteiger partial charge in [-0.15, -0.1) is 0 Å². The predicted molar refractivity (Wildman–Crippen MR) is 60.7 cm³/mol. The second-order valence-electron chi connectivity index (χ2n) is 3.72. The summed E-state index contributed by atoms with van der Waals surface area (Å²) in [6.07, 6.45) is 0.619. The lowest BCUT2D eigenvalue weighted by Crippen LogP contribution is -2.34. The average molecular weight is 249 g/mol. The average Bonchev–Trinajstić information content (AvgIpc) is 2.72. The van der Waals surface area contributed by atoms with Crippen molar-refractivity contribution in [3.05, 3.63) is 16.9 Å². The second kappa shape index (κ2) is 4.79. The molecule has 2 heterocycles. The van der Waals surface area contributed by atoms with Gasteiger partial charge in [-0.1, -0.05) is 0 Å². The fraction of sp³-hybridized carbons (Fsp3) is 0.364. The van der Waals surface area contributed by atoms with Crippen LogP contribution < -0.4 is 0 Å². The lowest BCUT2D eigenvalue weighted by atomic mass is 10.0. The lowest BCUT2D eigenvalue weighted by molar-refractivity contribution is 0.135. The third-order valence-corrected chi connectivity index (χ3v) is 2.70. The van der Waals surface area contributed by atoms with Gasteiger partial charge in [-0.2, -0.15) is 10.3 Å². The molecule has 0 aromatic carbocycles. The Bertz CT molecular complexity index is 541. The molecule has 1 aromatic rings. The molecule has 0 bridgehead atoms. The fourth-order valence-electron chi connectivity index (χ4n) is 1.86. The lowest BCUT2D eigenvalue weighted by Gasteiger charge is -2.22. The summed E-state index contributed by atoms with van der Waals surface area (Å²) in [5, 5.41) is 18.0. The Labute approximate surface area is 103 Å². The molecule has 0 saturated carbocycles. The maximum absolute atomic E-state index is 10.9. The molecule has 94 valence electrons. The molecule has 0 atom stereocenters. The standard InChI is InChI=1S/C11H11N3O4/c1-17-6-13-10-8(4-12)7-2-3-14(11(15)16)5-9(7)18-10/h6H,2-3,5H2,1H3,(H,15,16)/b13-6+. The highest BCUT2D eigenvalue weighted by atomic mass is 16.5. The van der Waals surface area contributed by atoms with Crippen molar-refractivity contribution in [2.45, 2.75) is 13.0 Å². The third kappa shape index (κ3) is 2.00. The van der Waals surface area contributed by atoms with Crippen LogP contribution in [0, 0.1) is 11.3 Å². The Balaban J connectivity index is 2.36. The molecule has 0 saturated heterocycles. The first-order chi connectivity index (χ1) is 8.67. The number of fused-ring (bicyclic) bond motifs is 1. The van der Waals surface area contributed by atoms with E-state index in [1.807, 2.05) is 6.07 Å². The minimum Gasteiger partial charge on any atom is -0.486 e. The topological polar surface area (TPSA) is 99.1 Å². The van der Waals surface area contributed by atoms with Gasteiger partial charge in [0.05, 0.1) is 13.7 Å². The van der Waals surface area contributed by atoms with Crippen molar-refractivity contribution in [2.75, 3.05) is 13.7 Å². The van der Waals surface area contributed by atoms with Gasteiger partial charge in [-0.05, 0) is 6.42 Å². The Kier molecular flexibility index (Phi) is 3.19. The van der Waals surface area contributed by atoms with E-state index in [2.05, 4.69) is 9.73 Å². The van der Waals surface area contributed by atoms with Crippen LogP contribution in [-0.2, 0) is 17.7 Å². The van der Waals surface area contributed by atoms with E-state index < -0.39 is 6.09 Å². The van der Waals surface area contributed by atoms with E-state index in [4.69, 9.17) is 14.8 Å². The minimum atomic E-state index is -1.00. The maximum atomic E-state index is 10.9. The molecule has 0 unspecified atom stereocenters. The van der Waals surface area contributed by atoms with Gasteiger partial charge in [0.25, 0.3) is 0 Å². The first-order valence-corrected chi connectivity index (χ1v) is 5.25. The number of nitriles is 1. The molecule has 1 amide bonds. The molecule has 7 nitrogen and oxygen atoms in total. The van der Waals surface area contributed by atoms with Crippen molar-refractivity contribution in [1.82, 2.24) is 4.90 Å². The second-order valence-corrected chi connectivity index (χ2v) is 3.72. The number of carboxylic acid groups (broad SMARTS) is 1. The summed E-state index contributed by atoms with van der Waals surface area (Å²) in [4.78, 5) is 16.0. The number of furan rings is 1. The summed E-state index contributed by atoms with van der Waals surface area (Å²) < 4.78 is 10.1. The molecule has 0 radical (unpaired) electrons. The Morgan fingerprint density at radius 3 is 3.11 bits per heavy atom. The summed E-state index contributed by atoms with van der Waals surface area (Å²) >= 11 is 0. The number of hydrogen-bond donors (Lipinski definition) is 1. The van der Waals surface area contributed by atoms with Crippen LogP contribution in [0.15, 0.2) is 9.41 Å². The zero-order valence-electron chi connectivity index (χ0n) is 9.71. The highest BCUT2D eigenvalue weighted by molar-refractivity contribution is 5.66. The van der Waals surface area contributed by atoms with E-state index in [0.29, 0.717) is 24.3 Å². The van der Waals surface area contributed by atoms with Crippen LogP contribution in [0.1, 0.15) is 16.9 Å². The van der Waals surface area contributed by atoms with Gasteiger partial charge in [0.1, 0.15) is 17.4 Å². The van der Waals surface area contributed by atoms with Crippen molar-refractivity contribution in [3.8, 4) is 6.07 Å². The molecule has 7 heteroatoms. The molecule has 0 spiro atoms. The maximum Gasteiger partial charge on any atom is 0.407 e. The Morgan fingerprint density at radius 1 is 1.72 bits per heavy atom. The van der Waals surface area contributed by atoms with Gasteiger partial charge in [-0.3, -0.25) is 0 Å². The van der Waals surface area contributed by atoms with Crippen LogP contribution in [0.4, 0.5) is 10.7 Å². The van der Waals surface area contributed by atoms with Gasteiger partial charge in [-0.25, -0.2) is 4.79 Å². The quantitative estimate of drug-likeness (QED) is 0.632. The molecular weight excluding hydrogens is 238 g/mol. The van der Waals surface area contributed by atoms with E-state index in [1.165, 1.54) is 18.4 Å². The van der Waals surface area contributed by atoms with Gasteiger partial charge < -0.3 is 19.2 Å². The smallest absolute Gasteiger partial charge is 0.407 e. The molecule has 1 aliphatic rings. The van der Waals surface area contributed by atoms with Crippen molar-refractivity contribution >= 4 is 18.4 Å². The zero-order chi connectivity index (χ0) is 13.1. The van der Waals surface area contributed by atoms with Crippen LogP contribution in [-0.4, -0.2) is 36.2 Å². The summed E-state index contributed by atoms with van der Waals surface area (Å²) in [5.41, 5.74) is 1.08. The highest BCUT2D eigenvalue weighted by Gasteiger charge is 2.28. The first kappa shape index (κ1) is 12.0. The van der Waals surface area contributed by atoms with E-state index in [0.717, 1.165) is 5.56 Å². The van der Waals surface area contributed by atoms with E-state index in [9.17, 15) is 4.79 Å². The number of aliphatic imine (C=N–C) groups is 1. The molecule has 2 rings (SSSR count). The largest absolute Gasteiger partial charge is 0.486 e. The SMILES string of the molecule is CO/C=N/c1oc2c(c1C#N)CCN(C(=O)O)C2. The van der Waals surface area contributed by atoms with Crippen molar-refractivity contribution in [3.63, 3.8) is 0 Å². The number of hydrogen-bond acceptors (Lipinski definition) is 5. The molecule has 18 heavy (non-hydrogen) atoms. The van der Waals surface area contributed by atoms with Crippen LogP contribution in [0.5, 0.6) is 0 Å². The van der Waals surface area contributed by atoms with Crippen molar-refractivity contribution < 1.29 is 19.1 Å². The number of amides is 1. The monoisotopic (exact) mass is 249 g/mol. The summed E-state index contributed by atoms with van der Waals surface area (Å²) in [5.74, 6) is 0.639. The van der Waals surface area contributed by atoms with Gasteiger partial charge in [0.15, 0.2) is 6.40 Å². The van der Waals surface area contributed by atoms with Crippen molar-refractivity contribution in [2.24, 2.45) is 4.99 Å². The summed E-state index contributed by atoms with van der Waals surface area (Å²) in [6, 6.07) is 2.03. The molecular formula is C11H11N3O4. The fourth-order valence-corrected chi connectivity index (χ4v) is 1.86. The number of carbonyl (C=O) groups is 1. The summed E-state index contributed by atoms with van der Waals surface area (Å²) in [7, 11) is 1.44. The van der Waals surface area contributed by atoms with Crippen LogP contribution in [0.25, 0.3) is 0 Å². The molecule has 0 aliphatic carbocycles. The number of rotatable bonds is 2. The van der Waals surface area contributed by atoms with Gasteiger partial charge in [0.2, 0.25) is 5.88 Å². The minimum absolute atomic E-state index is 0.141. The van der Waals surface area contributed by atoms with E-state index in [1.54, 1.807) is 0 Å². The van der Waals surface area contributed by atoms with Crippen molar-refractivity contribution in [1.29, 1.82) is 5.26 Å². The van der Waals surface area contributed by atoms with Gasteiger partial charge >= 0.3 is 6.09 Å². The number of nitrogens with zero attached hydrogens (tertiary/aromatic N) is 3. The molecule has 0 fully saturated rings. The van der Waals surface area contributed by atoms with Crippen LogP contribution >= 0.6 is 0 Å². The van der Waals surface area contributed by atoms with Crippen LogP contribution in [0.2, 0.25) is 0 Å². The van der Waals surface area contributed by atoms with E-state index >= 15 is 0 Å². The molecule has 1 aliphatic heterocycles. The normalized spacial score (nSPS) is 14.3. The first-order valence-electron chi connectivity index (χ1n) is 5.25. The van der Waals surface area contributed by atoms with E-state index in [-0.39, 0.29) is 12.4 Å². The number of methoxy groups -OCH3 is 1. The third-order valence-electron chi connectivity index (χ3n) is 2.70.